The van der Waals surface area contributed by atoms with Crippen LogP contribution >= 0.6 is 11.6 Å². The van der Waals surface area contributed by atoms with Gasteiger partial charge in [-0.3, -0.25) is 4.98 Å². The van der Waals surface area contributed by atoms with Crippen molar-refractivity contribution in [1.82, 2.24) is 15.0 Å². The van der Waals surface area contributed by atoms with E-state index < -0.39 is 15.8 Å². The lowest BCUT2D eigenvalue weighted by Crippen LogP contribution is -2.15. The van der Waals surface area contributed by atoms with Gasteiger partial charge in [0.2, 0.25) is 5.95 Å². The van der Waals surface area contributed by atoms with Gasteiger partial charge in [0.25, 0.3) is 10.0 Å². The summed E-state index contributed by atoms with van der Waals surface area (Å²) in [5, 5.41) is 0.0834. The number of aromatic nitrogens is 3. The number of hydrogen-bond acceptors (Lipinski definition) is 5. The number of hydrogen-bond donors (Lipinski definition) is 1. The topological polar surface area (TPSA) is 84.8 Å². The summed E-state index contributed by atoms with van der Waals surface area (Å²) < 4.78 is 38.6. The number of nitrogens with zero attached hydrogens (tertiary/aromatic N) is 3. The highest BCUT2D eigenvalue weighted by Gasteiger charge is 2.16. The van der Waals surface area contributed by atoms with E-state index in [4.69, 9.17) is 11.6 Å². The minimum absolute atomic E-state index is 0.0834. The summed E-state index contributed by atoms with van der Waals surface area (Å²) >= 11 is 5.59. The average molecular weight is 289 g/mol. The summed E-state index contributed by atoms with van der Waals surface area (Å²) in [4.78, 5) is 10.4. The standard InChI is InChI=1S/C9H6ClFN4O2S/c10-8-1-2-13-9(14-8)15-18(16,17)7-3-6(11)4-12-5-7/h1-5H,(H,13,14,15). The molecule has 0 bridgehead atoms. The van der Waals surface area contributed by atoms with Gasteiger partial charge in [0.15, 0.2) is 0 Å². The van der Waals surface area contributed by atoms with E-state index in [9.17, 15) is 12.8 Å². The first kappa shape index (κ1) is 12.7. The first-order chi connectivity index (χ1) is 8.47. The van der Waals surface area contributed by atoms with Crippen LogP contribution in [0, 0.1) is 5.82 Å². The number of nitrogens with one attached hydrogen (secondary N) is 1. The minimum atomic E-state index is -3.99. The smallest absolute Gasteiger partial charge is 0.260 e. The highest BCUT2D eigenvalue weighted by Crippen LogP contribution is 2.13. The van der Waals surface area contributed by atoms with Crippen molar-refractivity contribution in [2.45, 2.75) is 4.90 Å². The fraction of sp³-hybridized carbons (Fsp3) is 0. The monoisotopic (exact) mass is 288 g/mol. The van der Waals surface area contributed by atoms with Gasteiger partial charge >= 0.3 is 0 Å². The van der Waals surface area contributed by atoms with Gasteiger partial charge in [0.05, 0.1) is 6.20 Å². The molecular weight excluding hydrogens is 283 g/mol. The summed E-state index contributed by atoms with van der Waals surface area (Å²) in [6, 6.07) is 2.23. The first-order valence-corrected chi connectivity index (χ1v) is 6.45. The van der Waals surface area contributed by atoms with Crippen LogP contribution < -0.4 is 4.72 Å². The van der Waals surface area contributed by atoms with Crippen molar-refractivity contribution in [2.75, 3.05) is 4.72 Å². The highest BCUT2D eigenvalue weighted by atomic mass is 35.5. The number of sulfonamides is 1. The Morgan fingerprint density at radius 1 is 1.33 bits per heavy atom. The van der Waals surface area contributed by atoms with Crippen molar-refractivity contribution < 1.29 is 12.8 Å². The molecule has 0 spiro atoms. The Balaban J connectivity index is 2.33. The third-order valence-electron chi connectivity index (χ3n) is 1.84. The molecule has 9 heteroatoms. The van der Waals surface area contributed by atoms with Crippen molar-refractivity contribution in [2.24, 2.45) is 0 Å². The van der Waals surface area contributed by atoms with Crippen LogP contribution in [0.3, 0.4) is 0 Å². The normalized spacial score (nSPS) is 11.2. The van der Waals surface area contributed by atoms with Crippen LogP contribution in [-0.2, 0) is 10.0 Å². The molecule has 0 atom stereocenters. The molecule has 18 heavy (non-hydrogen) atoms. The Hall–Kier alpha value is -1.80. The van der Waals surface area contributed by atoms with Gasteiger partial charge in [-0.2, -0.15) is 0 Å². The van der Waals surface area contributed by atoms with E-state index >= 15 is 0 Å². The van der Waals surface area contributed by atoms with E-state index in [2.05, 4.69) is 19.7 Å². The van der Waals surface area contributed by atoms with E-state index in [1.807, 2.05) is 0 Å². The molecule has 0 saturated carbocycles. The lowest BCUT2D eigenvalue weighted by molar-refractivity contribution is 0.592. The molecule has 0 amide bonds. The Morgan fingerprint density at radius 3 is 2.78 bits per heavy atom. The largest absolute Gasteiger partial charge is 0.265 e. The summed E-state index contributed by atoms with van der Waals surface area (Å²) in [7, 11) is -3.99. The van der Waals surface area contributed by atoms with Crippen LogP contribution in [0.4, 0.5) is 10.3 Å². The SMILES string of the molecule is O=S(=O)(Nc1nccc(Cl)n1)c1cncc(F)c1. The van der Waals surface area contributed by atoms with E-state index in [1.165, 1.54) is 12.3 Å². The number of rotatable bonds is 3. The van der Waals surface area contributed by atoms with Gasteiger partial charge in [0.1, 0.15) is 15.9 Å². The molecule has 0 saturated heterocycles. The molecule has 2 aromatic heterocycles. The molecule has 2 aromatic rings. The Bertz CT molecular complexity index is 680. The third kappa shape index (κ3) is 2.90. The number of halogens is 2. The quantitative estimate of drug-likeness (QED) is 0.864. The maximum Gasteiger partial charge on any atom is 0.265 e. The lowest BCUT2D eigenvalue weighted by Gasteiger charge is -2.05. The Kier molecular flexibility index (Phi) is 3.39. The van der Waals surface area contributed by atoms with E-state index in [1.54, 1.807) is 0 Å². The van der Waals surface area contributed by atoms with Crippen molar-refractivity contribution in [3.63, 3.8) is 0 Å². The van der Waals surface area contributed by atoms with Crippen LogP contribution in [-0.4, -0.2) is 23.4 Å². The van der Waals surface area contributed by atoms with Crippen LogP contribution in [0.2, 0.25) is 5.15 Å². The van der Waals surface area contributed by atoms with E-state index in [-0.39, 0.29) is 16.0 Å². The zero-order valence-electron chi connectivity index (χ0n) is 8.71. The van der Waals surface area contributed by atoms with Gasteiger partial charge in [-0.05, 0) is 12.1 Å². The fourth-order valence-electron chi connectivity index (χ4n) is 1.10. The van der Waals surface area contributed by atoms with Crippen molar-refractivity contribution >= 4 is 27.6 Å². The second kappa shape index (κ2) is 4.83. The molecule has 2 heterocycles. The first-order valence-electron chi connectivity index (χ1n) is 4.59. The maximum absolute atomic E-state index is 12.9. The van der Waals surface area contributed by atoms with Gasteiger partial charge in [0, 0.05) is 12.4 Å². The summed E-state index contributed by atoms with van der Waals surface area (Å²) in [6.45, 7) is 0. The highest BCUT2D eigenvalue weighted by molar-refractivity contribution is 7.92. The Labute approximate surface area is 107 Å². The Morgan fingerprint density at radius 2 is 2.11 bits per heavy atom. The van der Waals surface area contributed by atoms with Crippen LogP contribution in [0.5, 0.6) is 0 Å². The molecule has 0 radical (unpaired) electrons. The van der Waals surface area contributed by atoms with Crippen molar-refractivity contribution in [3.8, 4) is 0 Å². The molecule has 0 aromatic carbocycles. The van der Waals surface area contributed by atoms with Crippen LogP contribution in [0.15, 0.2) is 35.6 Å². The molecule has 0 aliphatic rings. The summed E-state index contributed by atoms with van der Waals surface area (Å²) in [5.74, 6) is -0.961. The molecule has 94 valence electrons. The average Bonchev–Trinajstić information content (AvgIpc) is 2.28. The maximum atomic E-state index is 12.9. The van der Waals surface area contributed by atoms with Crippen molar-refractivity contribution in [1.29, 1.82) is 0 Å². The zero-order chi connectivity index (χ0) is 13.2. The van der Waals surface area contributed by atoms with E-state index in [0.29, 0.717) is 0 Å². The summed E-state index contributed by atoms with van der Waals surface area (Å²) in [5.41, 5.74) is 0. The van der Waals surface area contributed by atoms with Gasteiger partial charge in [-0.25, -0.2) is 27.5 Å². The minimum Gasteiger partial charge on any atom is -0.260 e. The molecular formula is C9H6ClFN4O2S. The van der Waals surface area contributed by atoms with Crippen LogP contribution in [0.1, 0.15) is 0 Å². The van der Waals surface area contributed by atoms with Gasteiger partial charge in [-0.15, -0.1) is 0 Å². The molecule has 0 fully saturated rings. The lowest BCUT2D eigenvalue weighted by atomic mass is 10.5. The summed E-state index contributed by atoms with van der Waals surface area (Å²) in [6.07, 6.45) is 3.20. The molecule has 0 aliphatic heterocycles. The third-order valence-corrected chi connectivity index (χ3v) is 3.34. The van der Waals surface area contributed by atoms with Crippen molar-refractivity contribution in [3.05, 3.63) is 41.7 Å². The zero-order valence-corrected chi connectivity index (χ0v) is 10.3. The van der Waals surface area contributed by atoms with E-state index in [0.717, 1.165) is 18.5 Å². The number of pyridine rings is 1. The molecule has 0 unspecified atom stereocenters. The molecule has 2 rings (SSSR count). The van der Waals surface area contributed by atoms with Gasteiger partial charge in [-0.1, -0.05) is 11.6 Å². The predicted molar refractivity (Wildman–Crippen MR) is 62.0 cm³/mol. The molecule has 6 nitrogen and oxygen atoms in total. The molecule has 1 N–H and O–H groups in total. The number of anilines is 1. The molecule has 0 aliphatic carbocycles. The second-order valence-electron chi connectivity index (χ2n) is 3.15. The van der Waals surface area contributed by atoms with Crippen LogP contribution in [0.25, 0.3) is 0 Å². The fourth-order valence-corrected chi connectivity index (χ4v) is 2.16. The predicted octanol–water partition coefficient (Wildman–Crippen LogP) is 1.46. The second-order valence-corrected chi connectivity index (χ2v) is 5.22. The van der Waals surface area contributed by atoms with Gasteiger partial charge < -0.3 is 0 Å².